The normalized spacial score (nSPS) is 10.8. The van der Waals surface area contributed by atoms with Gasteiger partial charge in [-0.3, -0.25) is 4.79 Å². The van der Waals surface area contributed by atoms with Gasteiger partial charge in [0.25, 0.3) is 5.91 Å². The maximum atomic E-state index is 12.3. The molecular weight excluding hydrogens is 340 g/mol. The van der Waals surface area contributed by atoms with Crippen LogP contribution in [0.15, 0.2) is 54.7 Å². The number of rotatable bonds is 7. The van der Waals surface area contributed by atoms with Crippen molar-refractivity contribution in [1.29, 1.82) is 0 Å². The maximum Gasteiger partial charge on any atom is 0.273 e. The van der Waals surface area contributed by atoms with Gasteiger partial charge in [-0.15, -0.1) is 5.10 Å². The van der Waals surface area contributed by atoms with E-state index in [-0.39, 0.29) is 17.7 Å². The van der Waals surface area contributed by atoms with Crippen LogP contribution in [0.2, 0.25) is 0 Å². The number of benzene rings is 2. The van der Waals surface area contributed by atoms with Crippen molar-refractivity contribution in [3.8, 4) is 11.4 Å². The van der Waals surface area contributed by atoms with Gasteiger partial charge in [-0.05, 0) is 55.7 Å². The molecule has 0 radical (unpaired) electrons. The molecule has 6 nitrogen and oxygen atoms in total. The Bertz CT molecular complexity index is 883. The number of ether oxygens (including phenoxy) is 1. The Hall–Kier alpha value is -3.15. The van der Waals surface area contributed by atoms with Gasteiger partial charge in [0.1, 0.15) is 5.75 Å². The lowest BCUT2D eigenvalue weighted by Crippen LogP contribution is -2.23. The molecule has 3 aromatic rings. The van der Waals surface area contributed by atoms with Gasteiger partial charge in [-0.25, -0.2) is 4.68 Å². The molecule has 0 atom stereocenters. The molecule has 27 heavy (non-hydrogen) atoms. The molecule has 3 rings (SSSR count). The number of amides is 1. The molecule has 1 N–H and O–H groups in total. The number of hydrogen-bond acceptors (Lipinski definition) is 4. The summed E-state index contributed by atoms with van der Waals surface area (Å²) in [5.41, 5.74) is 3.40. The fraction of sp³-hybridized carbons (Fsp3) is 0.286. The summed E-state index contributed by atoms with van der Waals surface area (Å²) in [6.45, 7) is 6.50. The van der Waals surface area contributed by atoms with Gasteiger partial charge >= 0.3 is 0 Å². The average Bonchev–Trinajstić information content (AvgIpc) is 3.17. The SMILES string of the molecule is CCc1ccc(-n2cc(C(=O)NCc3ccc(OC(C)C)cc3)nn2)cc1. The van der Waals surface area contributed by atoms with Crippen molar-refractivity contribution in [3.05, 3.63) is 71.5 Å². The van der Waals surface area contributed by atoms with E-state index in [9.17, 15) is 4.79 Å². The number of hydrogen-bond donors (Lipinski definition) is 1. The van der Waals surface area contributed by atoms with Crippen molar-refractivity contribution in [2.45, 2.75) is 39.8 Å². The molecule has 2 aromatic carbocycles. The summed E-state index contributed by atoms with van der Waals surface area (Å²) in [4.78, 5) is 12.3. The number of aromatic nitrogens is 3. The van der Waals surface area contributed by atoms with Crippen molar-refractivity contribution in [1.82, 2.24) is 20.3 Å². The Balaban J connectivity index is 1.59. The van der Waals surface area contributed by atoms with Crippen molar-refractivity contribution >= 4 is 5.91 Å². The number of aryl methyl sites for hydroxylation is 1. The third-order valence-electron chi connectivity index (χ3n) is 4.08. The van der Waals surface area contributed by atoms with Crippen LogP contribution in [-0.2, 0) is 13.0 Å². The first-order chi connectivity index (χ1) is 13.0. The Kier molecular flexibility index (Phi) is 5.86. The first-order valence-electron chi connectivity index (χ1n) is 9.10. The first-order valence-corrected chi connectivity index (χ1v) is 9.10. The maximum absolute atomic E-state index is 12.3. The monoisotopic (exact) mass is 364 g/mol. The predicted octanol–water partition coefficient (Wildman–Crippen LogP) is 3.55. The molecule has 6 heteroatoms. The topological polar surface area (TPSA) is 69.0 Å². The Morgan fingerprint density at radius 2 is 1.74 bits per heavy atom. The smallest absolute Gasteiger partial charge is 0.273 e. The van der Waals surface area contributed by atoms with Gasteiger partial charge in [0, 0.05) is 6.54 Å². The minimum atomic E-state index is -0.256. The van der Waals surface area contributed by atoms with Gasteiger partial charge < -0.3 is 10.1 Å². The molecule has 0 saturated carbocycles. The lowest BCUT2D eigenvalue weighted by molar-refractivity contribution is 0.0946. The zero-order valence-electron chi connectivity index (χ0n) is 15.8. The second-order valence-electron chi connectivity index (χ2n) is 6.56. The molecule has 0 aliphatic heterocycles. The quantitative estimate of drug-likeness (QED) is 0.696. The van der Waals surface area contributed by atoms with Crippen LogP contribution in [0.4, 0.5) is 0 Å². The van der Waals surface area contributed by atoms with Crippen LogP contribution in [0.1, 0.15) is 42.4 Å². The summed E-state index contributed by atoms with van der Waals surface area (Å²) in [7, 11) is 0. The fourth-order valence-electron chi connectivity index (χ4n) is 2.61. The molecule has 0 spiro atoms. The lowest BCUT2D eigenvalue weighted by atomic mass is 10.1. The summed E-state index contributed by atoms with van der Waals surface area (Å²) in [6.07, 6.45) is 2.75. The van der Waals surface area contributed by atoms with Crippen molar-refractivity contribution < 1.29 is 9.53 Å². The van der Waals surface area contributed by atoms with Crippen LogP contribution in [0, 0.1) is 0 Å². The van der Waals surface area contributed by atoms with E-state index >= 15 is 0 Å². The molecule has 0 saturated heterocycles. The Labute approximate surface area is 159 Å². The van der Waals surface area contributed by atoms with Gasteiger partial charge in [0.15, 0.2) is 5.69 Å². The summed E-state index contributed by atoms with van der Waals surface area (Å²) in [5, 5.41) is 10.9. The van der Waals surface area contributed by atoms with Crippen LogP contribution in [-0.4, -0.2) is 27.0 Å². The van der Waals surface area contributed by atoms with E-state index in [1.54, 1.807) is 10.9 Å². The van der Waals surface area contributed by atoms with Crippen molar-refractivity contribution in [3.63, 3.8) is 0 Å². The molecule has 0 fully saturated rings. The van der Waals surface area contributed by atoms with E-state index < -0.39 is 0 Å². The molecular formula is C21H24N4O2. The molecule has 0 bridgehead atoms. The largest absolute Gasteiger partial charge is 0.491 e. The Morgan fingerprint density at radius 1 is 1.07 bits per heavy atom. The van der Waals surface area contributed by atoms with Gasteiger partial charge in [-0.2, -0.15) is 0 Å². The van der Waals surface area contributed by atoms with Crippen LogP contribution in [0.25, 0.3) is 5.69 Å². The molecule has 0 aliphatic rings. The highest BCUT2D eigenvalue weighted by molar-refractivity contribution is 5.91. The van der Waals surface area contributed by atoms with Crippen molar-refractivity contribution in [2.75, 3.05) is 0 Å². The van der Waals surface area contributed by atoms with Crippen molar-refractivity contribution in [2.24, 2.45) is 0 Å². The first kappa shape index (κ1) is 18.6. The molecule has 140 valence electrons. The van der Waals surface area contributed by atoms with E-state index in [1.807, 2.05) is 62.4 Å². The molecule has 1 amide bonds. The standard InChI is InChI=1S/C21H24N4O2/c1-4-16-5-9-18(10-6-16)25-14-20(23-24-25)21(26)22-13-17-7-11-19(12-8-17)27-15(2)3/h5-12,14-15H,4,13H2,1-3H3,(H,22,26). The highest BCUT2D eigenvalue weighted by Crippen LogP contribution is 2.14. The summed E-state index contributed by atoms with van der Waals surface area (Å²) >= 11 is 0. The minimum absolute atomic E-state index is 0.135. The summed E-state index contributed by atoms with van der Waals surface area (Å²) < 4.78 is 7.22. The van der Waals surface area contributed by atoms with Gasteiger partial charge in [0.2, 0.25) is 0 Å². The molecule has 1 aromatic heterocycles. The molecule has 0 unspecified atom stereocenters. The third kappa shape index (κ3) is 4.94. The predicted molar refractivity (Wildman–Crippen MR) is 104 cm³/mol. The number of carbonyl (C=O) groups is 1. The van der Waals surface area contributed by atoms with E-state index in [1.165, 1.54) is 5.56 Å². The van der Waals surface area contributed by atoms with Gasteiger partial charge in [-0.1, -0.05) is 36.4 Å². The van der Waals surface area contributed by atoms with Crippen LogP contribution < -0.4 is 10.1 Å². The fourth-order valence-corrected chi connectivity index (χ4v) is 2.61. The van der Waals surface area contributed by atoms with Gasteiger partial charge in [0.05, 0.1) is 18.0 Å². The van der Waals surface area contributed by atoms with E-state index in [0.29, 0.717) is 6.54 Å². The molecule has 1 heterocycles. The second-order valence-corrected chi connectivity index (χ2v) is 6.56. The highest BCUT2D eigenvalue weighted by atomic mass is 16.5. The lowest BCUT2D eigenvalue weighted by Gasteiger charge is -2.10. The Morgan fingerprint density at radius 3 is 2.37 bits per heavy atom. The molecule has 0 aliphatic carbocycles. The zero-order valence-corrected chi connectivity index (χ0v) is 15.8. The van der Waals surface area contributed by atoms with Crippen LogP contribution in [0.3, 0.4) is 0 Å². The number of nitrogens with zero attached hydrogens (tertiary/aromatic N) is 3. The second kappa shape index (κ2) is 8.49. The summed E-state index contributed by atoms with van der Waals surface area (Å²) in [5.74, 6) is 0.561. The highest BCUT2D eigenvalue weighted by Gasteiger charge is 2.11. The third-order valence-corrected chi connectivity index (χ3v) is 4.08. The van der Waals surface area contributed by atoms with E-state index in [4.69, 9.17) is 4.74 Å². The minimum Gasteiger partial charge on any atom is -0.491 e. The van der Waals surface area contributed by atoms with Crippen LogP contribution in [0.5, 0.6) is 5.75 Å². The average molecular weight is 364 g/mol. The van der Waals surface area contributed by atoms with Crippen LogP contribution >= 0.6 is 0 Å². The van der Waals surface area contributed by atoms with E-state index in [0.717, 1.165) is 23.4 Å². The zero-order chi connectivity index (χ0) is 19.2. The number of carbonyl (C=O) groups excluding carboxylic acids is 1. The summed E-state index contributed by atoms with van der Waals surface area (Å²) in [6, 6.07) is 15.7. The van der Waals surface area contributed by atoms with E-state index in [2.05, 4.69) is 22.6 Å². The number of nitrogens with one attached hydrogen (secondary N) is 1.